The van der Waals surface area contributed by atoms with Gasteiger partial charge in [0.15, 0.2) is 6.33 Å². The predicted molar refractivity (Wildman–Crippen MR) is 71.0 cm³/mol. The summed E-state index contributed by atoms with van der Waals surface area (Å²) in [5.41, 5.74) is 0.939. The maximum atomic E-state index is 6.23. The van der Waals surface area contributed by atoms with Crippen molar-refractivity contribution in [3.05, 3.63) is 40.1 Å². The molecule has 1 heterocycles. The highest BCUT2D eigenvalue weighted by molar-refractivity contribution is 6.35. The molecule has 96 valence electrons. The summed E-state index contributed by atoms with van der Waals surface area (Å²) in [6.07, 6.45) is 2.23. The molecule has 0 aliphatic rings. The van der Waals surface area contributed by atoms with Gasteiger partial charge in [-0.05, 0) is 42.9 Å². The minimum atomic E-state index is -0.0512. The maximum absolute atomic E-state index is 6.23. The van der Waals surface area contributed by atoms with Crippen LogP contribution in [0.5, 0.6) is 0 Å². The average molecular weight is 286 g/mol. The molecule has 7 heteroatoms. The molecule has 1 aromatic carbocycles. The van der Waals surface area contributed by atoms with Crippen LogP contribution in [0.15, 0.2) is 24.5 Å². The Morgan fingerprint density at radius 1 is 1.39 bits per heavy atom. The Morgan fingerprint density at radius 3 is 2.83 bits per heavy atom. The second kappa shape index (κ2) is 6.13. The number of benzene rings is 1. The lowest BCUT2D eigenvalue weighted by molar-refractivity contribution is 0.422. The van der Waals surface area contributed by atoms with Gasteiger partial charge in [-0.2, -0.15) is 4.80 Å². The molecule has 0 bridgehead atoms. The number of halogens is 2. The van der Waals surface area contributed by atoms with Crippen molar-refractivity contribution in [2.75, 3.05) is 13.6 Å². The van der Waals surface area contributed by atoms with Crippen LogP contribution in [-0.4, -0.2) is 33.8 Å². The summed E-state index contributed by atoms with van der Waals surface area (Å²) in [6.45, 7) is 0.825. The van der Waals surface area contributed by atoms with E-state index >= 15 is 0 Å². The van der Waals surface area contributed by atoms with E-state index in [1.54, 1.807) is 10.9 Å². The molecule has 2 aromatic rings. The van der Waals surface area contributed by atoms with Crippen molar-refractivity contribution in [1.29, 1.82) is 0 Å². The van der Waals surface area contributed by atoms with Gasteiger partial charge < -0.3 is 5.32 Å². The van der Waals surface area contributed by atoms with Crippen LogP contribution in [0.25, 0.3) is 0 Å². The van der Waals surface area contributed by atoms with Gasteiger partial charge in [0.25, 0.3) is 0 Å². The molecule has 0 radical (unpaired) electrons. The Kier molecular flexibility index (Phi) is 4.52. The van der Waals surface area contributed by atoms with Crippen molar-refractivity contribution in [2.45, 2.75) is 12.5 Å². The molecule has 1 unspecified atom stereocenters. The normalized spacial score (nSPS) is 12.6. The van der Waals surface area contributed by atoms with Crippen LogP contribution < -0.4 is 5.32 Å². The van der Waals surface area contributed by atoms with Crippen molar-refractivity contribution in [3.8, 4) is 0 Å². The van der Waals surface area contributed by atoms with Crippen LogP contribution in [0.3, 0.4) is 0 Å². The van der Waals surface area contributed by atoms with Crippen molar-refractivity contribution in [3.63, 3.8) is 0 Å². The first-order valence-electron chi connectivity index (χ1n) is 5.54. The van der Waals surface area contributed by atoms with Gasteiger partial charge >= 0.3 is 0 Å². The first kappa shape index (κ1) is 13.3. The number of nitrogens with one attached hydrogen (secondary N) is 1. The summed E-state index contributed by atoms with van der Waals surface area (Å²) < 4.78 is 0. The molecule has 1 N–H and O–H groups in total. The second-order valence-electron chi connectivity index (χ2n) is 3.83. The summed E-state index contributed by atoms with van der Waals surface area (Å²) in [6, 6.07) is 5.38. The Morgan fingerprint density at radius 2 is 2.22 bits per heavy atom. The average Bonchev–Trinajstić information content (AvgIpc) is 2.85. The highest BCUT2D eigenvalue weighted by Gasteiger charge is 2.18. The SMILES string of the molecule is CNCCC(c1ccc(Cl)cc1Cl)n1ncnn1. The van der Waals surface area contributed by atoms with E-state index in [9.17, 15) is 0 Å². The third-order valence-electron chi connectivity index (χ3n) is 2.63. The Balaban J connectivity index is 2.33. The standard InChI is InChI=1S/C11H13Cl2N5/c1-14-5-4-11(18-16-7-15-17-18)9-3-2-8(12)6-10(9)13/h2-3,6-7,11,14H,4-5H2,1H3. The minimum Gasteiger partial charge on any atom is -0.320 e. The third kappa shape index (κ3) is 2.98. The van der Waals surface area contributed by atoms with Gasteiger partial charge in [-0.15, -0.1) is 10.2 Å². The molecule has 1 aromatic heterocycles. The van der Waals surface area contributed by atoms with Crippen LogP contribution >= 0.6 is 23.2 Å². The van der Waals surface area contributed by atoms with E-state index in [2.05, 4.69) is 20.7 Å². The quantitative estimate of drug-likeness (QED) is 0.915. The topological polar surface area (TPSA) is 55.6 Å². The summed E-state index contributed by atoms with van der Waals surface area (Å²) >= 11 is 12.1. The Hall–Kier alpha value is -1.17. The van der Waals surface area contributed by atoms with Crippen molar-refractivity contribution in [2.24, 2.45) is 0 Å². The third-order valence-corrected chi connectivity index (χ3v) is 3.20. The van der Waals surface area contributed by atoms with Gasteiger partial charge in [-0.1, -0.05) is 29.3 Å². The van der Waals surface area contributed by atoms with Crippen molar-refractivity contribution < 1.29 is 0 Å². The zero-order valence-electron chi connectivity index (χ0n) is 9.85. The van der Waals surface area contributed by atoms with Crippen LogP contribution in [0.4, 0.5) is 0 Å². The zero-order valence-corrected chi connectivity index (χ0v) is 11.4. The number of aromatic nitrogens is 4. The molecule has 0 amide bonds. The van der Waals surface area contributed by atoms with Gasteiger partial charge in [-0.25, -0.2) is 0 Å². The predicted octanol–water partition coefficient (Wildman–Crippen LogP) is 2.18. The molecule has 0 spiro atoms. The lowest BCUT2D eigenvalue weighted by Crippen LogP contribution is -2.20. The molecule has 1 atom stereocenters. The van der Waals surface area contributed by atoms with E-state index in [0.717, 1.165) is 18.5 Å². The van der Waals surface area contributed by atoms with Gasteiger partial charge in [0, 0.05) is 10.0 Å². The number of tetrazole rings is 1. The van der Waals surface area contributed by atoms with E-state index in [0.29, 0.717) is 10.0 Å². The van der Waals surface area contributed by atoms with Crippen molar-refractivity contribution in [1.82, 2.24) is 25.5 Å². The molecule has 5 nitrogen and oxygen atoms in total. The Labute approximate surface area is 115 Å². The highest BCUT2D eigenvalue weighted by Crippen LogP contribution is 2.29. The van der Waals surface area contributed by atoms with E-state index in [-0.39, 0.29) is 6.04 Å². The molecular weight excluding hydrogens is 273 g/mol. The molecule has 0 aliphatic carbocycles. The van der Waals surface area contributed by atoms with Crippen LogP contribution in [0.1, 0.15) is 18.0 Å². The molecule has 2 rings (SSSR count). The molecule has 0 fully saturated rings. The maximum Gasteiger partial charge on any atom is 0.162 e. The van der Waals surface area contributed by atoms with Gasteiger partial charge in [0.1, 0.15) is 6.04 Å². The largest absolute Gasteiger partial charge is 0.320 e. The van der Waals surface area contributed by atoms with Crippen molar-refractivity contribution >= 4 is 23.2 Å². The lowest BCUT2D eigenvalue weighted by Gasteiger charge is -2.17. The zero-order chi connectivity index (χ0) is 13.0. The lowest BCUT2D eigenvalue weighted by atomic mass is 10.0. The van der Waals surface area contributed by atoms with Gasteiger partial charge in [0.2, 0.25) is 0 Å². The monoisotopic (exact) mass is 285 g/mol. The summed E-state index contributed by atoms with van der Waals surface area (Å²) in [7, 11) is 1.90. The highest BCUT2D eigenvalue weighted by atomic mass is 35.5. The first-order valence-corrected chi connectivity index (χ1v) is 6.30. The van der Waals surface area contributed by atoms with Crippen LogP contribution in [0.2, 0.25) is 10.0 Å². The molecule has 0 saturated carbocycles. The smallest absolute Gasteiger partial charge is 0.162 e. The number of hydrogen-bond donors (Lipinski definition) is 1. The van der Waals surface area contributed by atoms with E-state index in [4.69, 9.17) is 23.2 Å². The molecular formula is C11H13Cl2N5. The second-order valence-corrected chi connectivity index (χ2v) is 4.67. The first-order chi connectivity index (χ1) is 8.72. The Bertz CT molecular complexity index is 500. The van der Waals surface area contributed by atoms with Gasteiger partial charge in [-0.3, -0.25) is 0 Å². The fourth-order valence-electron chi connectivity index (χ4n) is 1.77. The number of rotatable bonds is 5. The summed E-state index contributed by atoms with van der Waals surface area (Å²) in [5, 5.41) is 16.1. The van der Waals surface area contributed by atoms with E-state index < -0.39 is 0 Å². The van der Waals surface area contributed by atoms with Crippen LogP contribution in [0, 0.1) is 0 Å². The van der Waals surface area contributed by atoms with Gasteiger partial charge in [0.05, 0.1) is 0 Å². The fourth-order valence-corrected chi connectivity index (χ4v) is 2.30. The number of hydrogen-bond acceptors (Lipinski definition) is 4. The molecule has 18 heavy (non-hydrogen) atoms. The molecule has 0 saturated heterocycles. The summed E-state index contributed by atoms with van der Waals surface area (Å²) in [4.78, 5) is 1.56. The van der Waals surface area contributed by atoms with E-state index in [1.807, 2.05) is 19.2 Å². The fraction of sp³-hybridized carbons (Fsp3) is 0.364. The molecule has 0 aliphatic heterocycles. The van der Waals surface area contributed by atoms with Crippen LogP contribution in [-0.2, 0) is 0 Å². The minimum absolute atomic E-state index is 0.0512. The van der Waals surface area contributed by atoms with E-state index in [1.165, 1.54) is 6.33 Å². The number of nitrogens with zero attached hydrogens (tertiary/aromatic N) is 4. The summed E-state index contributed by atoms with van der Waals surface area (Å²) in [5.74, 6) is 0.